The van der Waals surface area contributed by atoms with Gasteiger partial charge >= 0.3 is 0 Å². The summed E-state index contributed by atoms with van der Waals surface area (Å²) in [5.41, 5.74) is 1.06. The average Bonchev–Trinajstić information content (AvgIpc) is 2.91. The van der Waals surface area contributed by atoms with Crippen molar-refractivity contribution in [2.75, 3.05) is 18.5 Å². The third-order valence-electron chi connectivity index (χ3n) is 4.27. The molecule has 5 heteroatoms. The SMILES string of the molecule is CN(CC1CCCCC1)c1n[nH]c(=S)n1-c1ccccc1. The summed E-state index contributed by atoms with van der Waals surface area (Å²) in [6.45, 7) is 1.05. The second-order valence-corrected chi connectivity index (χ2v) is 6.27. The summed E-state index contributed by atoms with van der Waals surface area (Å²) < 4.78 is 2.66. The Hall–Kier alpha value is -1.62. The van der Waals surface area contributed by atoms with E-state index in [4.69, 9.17) is 12.2 Å². The van der Waals surface area contributed by atoms with Crippen LogP contribution in [0.25, 0.3) is 5.69 Å². The molecule has 2 aromatic rings. The first kappa shape index (κ1) is 14.3. The van der Waals surface area contributed by atoms with Crippen molar-refractivity contribution in [3.05, 3.63) is 35.1 Å². The number of hydrogen-bond acceptors (Lipinski definition) is 3. The lowest BCUT2D eigenvalue weighted by molar-refractivity contribution is 0.361. The summed E-state index contributed by atoms with van der Waals surface area (Å²) in [6, 6.07) is 10.2. The van der Waals surface area contributed by atoms with Crippen LogP contribution in [0.5, 0.6) is 0 Å². The summed E-state index contributed by atoms with van der Waals surface area (Å²) in [6.07, 6.45) is 6.79. The van der Waals surface area contributed by atoms with Crippen LogP contribution < -0.4 is 4.90 Å². The van der Waals surface area contributed by atoms with E-state index in [9.17, 15) is 0 Å². The van der Waals surface area contributed by atoms with Crippen LogP contribution in [0.3, 0.4) is 0 Å². The van der Waals surface area contributed by atoms with Crippen molar-refractivity contribution in [1.82, 2.24) is 14.8 Å². The lowest BCUT2D eigenvalue weighted by Crippen LogP contribution is -2.29. The van der Waals surface area contributed by atoms with E-state index >= 15 is 0 Å². The van der Waals surface area contributed by atoms with Crippen LogP contribution in [0.2, 0.25) is 0 Å². The van der Waals surface area contributed by atoms with Crippen molar-refractivity contribution in [1.29, 1.82) is 0 Å². The number of nitrogens with one attached hydrogen (secondary N) is 1. The van der Waals surface area contributed by atoms with E-state index in [1.807, 2.05) is 22.8 Å². The van der Waals surface area contributed by atoms with Gasteiger partial charge in [-0.15, -0.1) is 5.10 Å². The summed E-state index contributed by atoms with van der Waals surface area (Å²) in [5.74, 6) is 1.68. The maximum absolute atomic E-state index is 5.40. The van der Waals surface area contributed by atoms with E-state index in [2.05, 4.69) is 34.3 Å². The molecule has 0 radical (unpaired) electrons. The van der Waals surface area contributed by atoms with Crippen molar-refractivity contribution < 1.29 is 0 Å². The largest absolute Gasteiger partial charge is 0.343 e. The smallest absolute Gasteiger partial charge is 0.230 e. The molecule has 0 amide bonds. The molecule has 112 valence electrons. The molecule has 1 aliphatic rings. The van der Waals surface area contributed by atoms with Gasteiger partial charge in [0, 0.05) is 13.6 Å². The average molecular weight is 302 g/mol. The molecule has 3 rings (SSSR count). The Balaban J connectivity index is 1.83. The first-order valence-corrected chi connectivity index (χ1v) is 8.10. The Morgan fingerprint density at radius 3 is 2.67 bits per heavy atom. The Bertz CT molecular complexity index is 625. The molecule has 0 spiro atoms. The molecule has 0 bridgehead atoms. The Morgan fingerprint density at radius 2 is 1.95 bits per heavy atom. The highest BCUT2D eigenvalue weighted by Crippen LogP contribution is 2.26. The van der Waals surface area contributed by atoms with Gasteiger partial charge in [-0.3, -0.25) is 4.57 Å². The van der Waals surface area contributed by atoms with Gasteiger partial charge in [-0.05, 0) is 43.1 Å². The third kappa shape index (κ3) is 3.18. The summed E-state index contributed by atoms with van der Waals surface area (Å²) in [4.78, 5) is 2.23. The fraction of sp³-hybridized carbons (Fsp3) is 0.500. The first-order valence-electron chi connectivity index (χ1n) is 7.69. The second kappa shape index (κ2) is 6.43. The van der Waals surface area contributed by atoms with Crippen LogP contribution >= 0.6 is 12.2 Å². The molecule has 0 saturated heterocycles. The van der Waals surface area contributed by atoms with Gasteiger partial charge in [0.15, 0.2) is 0 Å². The van der Waals surface area contributed by atoms with Crippen LogP contribution in [-0.4, -0.2) is 28.4 Å². The zero-order chi connectivity index (χ0) is 14.7. The van der Waals surface area contributed by atoms with Crippen LogP contribution in [-0.2, 0) is 0 Å². The van der Waals surface area contributed by atoms with Crippen molar-refractivity contribution in [2.24, 2.45) is 5.92 Å². The molecule has 1 fully saturated rings. The van der Waals surface area contributed by atoms with E-state index in [1.165, 1.54) is 32.1 Å². The second-order valence-electron chi connectivity index (χ2n) is 5.88. The molecule has 0 unspecified atom stereocenters. The molecule has 1 heterocycles. The maximum Gasteiger partial charge on any atom is 0.230 e. The van der Waals surface area contributed by atoms with Crippen molar-refractivity contribution in [2.45, 2.75) is 32.1 Å². The first-order chi connectivity index (χ1) is 10.3. The molecule has 1 aliphatic carbocycles. The number of anilines is 1. The fourth-order valence-corrected chi connectivity index (χ4v) is 3.43. The van der Waals surface area contributed by atoms with Gasteiger partial charge in [0.1, 0.15) is 0 Å². The molecular weight excluding hydrogens is 280 g/mol. The number of nitrogens with zero attached hydrogens (tertiary/aromatic N) is 3. The molecule has 1 aromatic heterocycles. The van der Waals surface area contributed by atoms with E-state index in [-0.39, 0.29) is 0 Å². The molecule has 1 aromatic carbocycles. The van der Waals surface area contributed by atoms with Gasteiger partial charge in [-0.1, -0.05) is 37.5 Å². The number of rotatable bonds is 4. The molecule has 0 atom stereocenters. The molecular formula is C16H22N4S. The topological polar surface area (TPSA) is 36.9 Å². The van der Waals surface area contributed by atoms with E-state index in [0.717, 1.165) is 24.1 Å². The highest BCUT2D eigenvalue weighted by molar-refractivity contribution is 7.71. The number of hydrogen-bond donors (Lipinski definition) is 1. The van der Waals surface area contributed by atoms with Crippen molar-refractivity contribution in [3.8, 4) is 5.69 Å². The molecule has 4 nitrogen and oxygen atoms in total. The predicted octanol–water partition coefficient (Wildman–Crippen LogP) is 3.95. The van der Waals surface area contributed by atoms with E-state index in [1.54, 1.807) is 0 Å². The van der Waals surface area contributed by atoms with Crippen molar-refractivity contribution in [3.63, 3.8) is 0 Å². The fourth-order valence-electron chi connectivity index (χ4n) is 3.19. The minimum atomic E-state index is 0.645. The van der Waals surface area contributed by atoms with E-state index < -0.39 is 0 Å². The number of H-pyrrole nitrogens is 1. The monoisotopic (exact) mass is 302 g/mol. The maximum atomic E-state index is 5.40. The van der Waals surface area contributed by atoms with Crippen LogP contribution in [0.15, 0.2) is 30.3 Å². The standard InChI is InChI=1S/C16H22N4S/c1-19(12-13-8-4-2-5-9-13)15-17-18-16(21)20(15)14-10-6-3-7-11-14/h3,6-7,10-11,13H,2,4-5,8-9,12H2,1H3,(H,18,21). The Morgan fingerprint density at radius 1 is 1.24 bits per heavy atom. The van der Waals surface area contributed by atoms with Crippen LogP contribution in [0, 0.1) is 10.7 Å². The summed E-state index contributed by atoms with van der Waals surface area (Å²) in [5, 5.41) is 7.36. The molecule has 21 heavy (non-hydrogen) atoms. The zero-order valence-electron chi connectivity index (χ0n) is 12.5. The Labute approximate surface area is 130 Å². The number of aromatic nitrogens is 3. The zero-order valence-corrected chi connectivity index (χ0v) is 13.3. The number of para-hydroxylation sites is 1. The summed E-state index contributed by atoms with van der Waals surface area (Å²) in [7, 11) is 2.11. The van der Waals surface area contributed by atoms with Gasteiger partial charge in [0.05, 0.1) is 5.69 Å². The van der Waals surface area contributed by atoms with Gasteiger partial charge in [-0.2, -0.15) is 0 Å². The molecule has 1 saturated carbocycles. The molecule has 1 N–H and O–H groups in total. The normalized spacial score (nSPS) is 16.0. The van der Waals surface area contributed by atoms with Crippen LogP contribution in [0.4, 0.5) is 5.95 Å². The van der Waals surface area contributed by atoms with Gasteiger partial charge in [0.25, 0.3) is 0 Å². The Kier molecular flexibility index (Phi) is 4.39. The van der Waals surface area contributed by atoms with Gasteiger partial charge in [-0.25, -0.2) is 5.10 Å². The van der Waals surface area contributed by atoms with Crippen molar-refractivity contribution >= 4 is 18.2 Å². The minimum absolute atomic E-state index is 0.645. The highest BCUT2D eigenvalue weighted by Gasteiger charge is 2.19. The molecule has 0 aliphatic heterocycles. The lowest BCUT2D eigenvalue weighted by Gasteiger charge is -2.27. The number of aromatic amines is 1. The quantitative estimate of drug-likeness (QED) is 0.869. The highest BCUT2D eigenvalue weighted by atomic mass is 32.1. The van der Waals surface area contributed by atoms with Gasteiger partial charge < -0.3 is 4.90 Å². The predicted molar refractivity (Wildman–Crippen MR) is 88.6 cm³/mol. The minimum Gasteiger partial charge on any atom is -0.343 e. The number of benzene rings is 1. The van der Waals surface area contributed by atoms with Gasteiger partial charge in [0.2, 0.25) is 10.7 Å². The summed E-state index contributed by atoms with van der Waals surface area (Å²) >= 11 is 5.40. The lowest BCUT2D eigenvalue weighted by atomic mass is 9.89. The third-order valence-corrected chi connectivity index (χ3v) is 4.54. The van der Waals surface area contributed by atoms with Crippen LogP contribution in [0.1, 0.15) is 32.1 Å². The van der Waals surface area contributed by atoms with E-state index in [0.29, 0.717) is 4.77 Å².